The van der Waals surface area contributed by atoms with Crippen LogP contribution in [0.5, 0.6) is 5.75 Å². The third-order valence-corrected chi connectivity index (χ3v) is 4.18. The zero-order valence-electron chi connectivity index (χ0n) is 15.9. The largest absolute Gasteiger partial charge is 0.494 e. The molecule has 0 fully saturated rings. The molecule has 2 aromatic heterocycles. The lowest BCUT2D eigenvalue weighted by molar-refractivity contribution is 0.202. The Labute approximate surface area is 157 Å². The Morgan fingerprint density at radius 3 is 2.67 bits per heavy atom. The minimum atomic E-state index is -0.194. The summed E-state index contributed by atoms with van der Waals surface area (Å²) in [6, 6.07) is 5.68. The Balaban J connectivity index is 1.90. The second-order valence-corrected chi connectivity index (χ2v) is 6.09. The highest BCUT2D eigenvalue weighted by molar-refractivity contribution is 5.83. The number of aromatic nitrogens is 4. The summed E-state index contributed by atoms with van der Waals surface area (Å²) in [5.74, 6) is 1.46. The molecule has 0 unspecified atom stereocenters. The van der Waals surface area contributed by atoms with E-state index < -0.39 is 0 Å². The number of anilines is 2. The fourth-order valence-electron chi connectivity index (χ4n) is 2.85. The first-order valence-corrected chi connectivity index (χ1v) is 8.78. The highest BCUT2D eigenvalue weighted by Gasteiger charge is 2.11. The summed E-state index contributed by atoms with van der Waals surface area (Å²) in [7, 11) is 1.60. The highest BCUT2D eigenvalue weighted by atomic mass is 16.5. The number of fused-ring (bicyclic) bond motifs is 1. The molecular formula is C19H23N5O3. The van der Waals surface area contributed by atoms with Crippen molar-refractivity contribution >= 4 is 22.8 Å². The number of hydrogen-bond donors (Lipinski definition) is 2. The molecule has 0 saturated carbocycles. The first-order chi connectivity index (χ1) is 13.0. The number of aryl methyl sites for hydroxylation is 2. The molecule has 2 heterocycles. The smallest absolute Gasteiger partial charge is 0.255 e. The van der Waals surface area contributed by atoms with Crippen molar-refractivity contribution in [2.24, 2.45) is 0 Å². The second kappa shape index (κ2) is 8.13. The van der Waals surface area contributed by atoms with Crippen LogP contribution in [-0.4, -0.2) is 40.3 Å². The van der Waals surface area contributed by atoms with Gasteiger partial charge in [-0.1, -0.05) is 0 Å². The monoisotopic (exact) mass is 369 g/mol. The van der Waals surface area contributed by atoms with E-state index in [2.05, 4.69) is 25.3 Å². The zero-order chi connectivity index (χ0) is 19.4. The van der Waals surface area contributed by atoms with Gasteiger partial charge in [-0.2, -0.15) is 0 Å². The van der Waals surface area contributed by atoms with Crippen molar-refractivity contribution in [1.29, 1.82) is 0 Å². The van der Waals surface area contributed by atoms with E-state index in [1.807, 2.05) is 32.0 Å². The van der Waals surface area contributed by atoms with Gasteiger partial charge in [0.15, 0.2) is 0 Å². The molecule has 1 aromatic carbocycles. The summed E-state index contributed by atoms with van der Waals surface area (Å²) in [5.41, 5.74) is 2.66. The standard InChI is InChI=1S/C19H23N5O3/c1-5-27-13-6-7-16-15(10-13)12(3)21-18(22-16)24-19-20-11(2)14(8-9-26-4)17(25)23-19/h6-7,10H,5,8-9H2,1-4H3,(H2,20,21,22,23,24,25). The average Bonchev–Trinajstić information content (AvgIpc) is 2.62. The van der Waals surface area contributed by atoms with Crippen molar-refractivity contribution in [3.63, 3.8) is 0 Å². The van der Waals surface area contributed by atoms with E-state index in [4.69, 9.17) is 9.47 Å². The molecule has 142 valence electrons. The molecule has 8 nitrogen and oxygen atoms in total. The minimum absolute atomic E-state index is 0.194. The summed E-state index contributed by atoms with van der Waals surface area (Å²) in [6.45, 7) is 6.71. The van der Waals surface area contributed by atoms with Crippen molar-refractivity contribution in [1.82, 2.24) is 19.9 Å². The average molecular weight is 369 g/mol. The Morgan fingerprint density at radius 1 is 1.15 bits per heavy atom. The molecule has 0 bridgehead atoms. The van der Waals surface area contributed by atoms with Gasteiger partial charge >= 0.3 is 0 Å². The summed E-state index contributed by atoms with van der Waals surface area (Å²) < 4.78 is 10.6. The van der Waals surface area contributed by atoms with Crippen molar-refractivity contribution in [3.8, 4) is 5.75 Å². The van der Waals surface area contributed by atoms with Crippen molar-refractivity contribution in [2.45, 2.75) is 27.2 Å². The molecule has 8 heteroatoms. The second-order valence-electron chi connectivity index (χ2n) is 6.09. The van der Waals surface area contributed by atoms with Gasteiger partial charge in [0.2, 0.25) is 11.9 Å². The number of nitrogens with one attached hydrogen (secondary N) is 2. The maximum atomic E-state index is 12.3. The number of methoxy groups -OCH3 is 1. The van der Waals surface area contributed by atoms with Crippen LogP contribution in [0.4, 0.5) is 11.9 Å². The van der Waals surface area contributed by atoms with Gasteiger partial charge < -0.3 is 9.47 Å². The lowest BCUT2D eigenvalue weighted by Crippen LogP contribution is -2.20. The van der Waals surface area contributed by atoms with E-state index in [1.165, 1.54) is 0 Å². The molecule has 0 amide bonds. The lowest BCUT2D eigenvalue weighted by Gasteiger charge is -2.10. The van der Waals surface area contributed by atoms with Gasteiger partial charge in [0.25, 0.3) is 5.56 Å². The van der Waals surface area contributed by atoms with Crippen LogP contribution in [0, 0.1) is 13.8 Å². The Morgan fingerprint density at radius 2 is 1.96 bits per heavy atom. The molecule has 0 aliphatic heterocycles. The molecular weight excluding hydrogens is 346 g/mol. The van der Waals surface area contributed by atoms with Gasteiger partial charge in [0.05, 0.1) is 30.1 Å². The van der Waals surface area contributed by atoms with E-state index >= 15 is 0 Å². The van der Waals surface area contributed by atoms with Crippen LogP contribution in [-0.2, 0) is 11.2 Å². The topological polar surface area (TPSA) is 102 Å². The van der Waals surface area contributed by atoms with Gasteiger partial charge in [0, 0.05) is 24.5 Å². The molecule has 0 aliphatic carbocycles. The molecule has 0 spiro atoms. The number of H-pyrrole nitrogens is 1. The number of benzene rings is 1. The Bertz CT molecular complexity index is 1020. The van der Waals surface area contributed by atoms with Gasteiger partial charge in [0.1, 0.15) is 5.75 Å². The predicted molar refractivity (Wildman–Crippen MR) is 104 cm³/mol. The summed E-state index contributed by atoms with van der Waals surface area (Å²) in [4.78, 5) is 28.4. The summed E-state index contributed by atoms with van der Waals surface area (Å²) >= 11 is 0. The zero-order valence-corrected chi connectivity index (χ0v) is 15.9. The molecule has 2 N–H and O–H groups in total. The SMILES string of the molecule is CCOc1ccc2nc(Nc3nc(C)c(CCOC)c(=O)[nH]3)nc(C)c2c1. The van der Waals surface area contributed by atoms with Gasteiger partial charge in [-0.05, 0) is 39.0 Å². The number of nitrogens with zero attached hydrogens (tertiary/aromatic N) is 3. The molecule has 0 aliphatic rings. The minimum Gasteiger partial charge on any atom is -0.494 e. The molecule has 0 atom stereocenters. The highest BCUT2D eigenvalue weighted by Crippen LogP contribution is 2.23. The van der Waals surface area contributed by atoms with E-state index in [0.717, 1.165) is 22.3 Å². The Kier molecular flexibility index (Phi) is 5.66. The maximum absolute atomic E-state index is 12.3. The van der Waals surface area contributed by atoms with Crippen LogP contribution in [0.2, 0.25) is 0 Å². The maximum Gasteiger partial charge on any atom is 0.255 e. The van der Waals surface area contributed by atoms with Crippen LogP contribution in [0.15, 0.2) is 23.0 Å². The van der Waals surface area contributed by atoms with Crippen molar-refractivity contribution < 1.29 is 9.47 Å². The van der Waals surface area contributed by atoms with Crippen LogP contribution < -0.4 is 15.6 Å². The van der Waals surface area contributed by atoms with Crippen LogP contribution in [0.25, 0.3) is 10.9 Å². The molecule has 0 radical (unpaired) electrons. The third-order valence-electron chi connectivity index (χ3n) is 4.18. The molecule has 3 rings (SSSR count). The number of hydrogen-bond acceptors (Lipinski definition) is 7. The van der Waals surface area contributed by atoms with Crippen LogP contribution in [0.3, 0.4) is 0 Å². The molecule has 27 heavy (non-hydrogen) atoms. The fraction of sp³-hybridized carbons (Fsp3) is 0.368. The normalized spacial score (nSPS) is 11.0. The quantitative estimate of drug-likeness (QED) is 0.660. The Hall–Kier alpha value is -3.00. The van der Waals surface area contributed by atoms with Crippen molar-refractivity contribution in [3.05, 3.63) is 45.5 Å². The molecule has 0 saturated heterocycles. The summed E-state index contributed by atoms with van der Waals surface area (Å²) in [6.07, 6.45) is 0.513. The van der Waals surface area contributed by atoms with Gasteiger partial charge in [-0.25, -0.2) is 15.0 Å². The van der Waals surface area contributed by atoms with E-state index in [-0.39, 0.29) is 5.56 Å². The van der Waals surface area contributed by atoms with E-state index in [1.54, 1.807) is 14.0 Å². The first kappa shape index (κ1) is 18.8. The van der Waals surface area contributed by atoms with E-state index in [0.29, 0.717) is 42.8 Å². The predicted octanol–water partition coefficient (Wildman–Crippen LogP) is 2.66. The van der Waals surface area contributed by atoms with Gasteiger partial charge in [-0.15, -0.1) is 0 Å². The van der Waals surface area contributed by atoms with E-state index in [9.17, 15) is 4.79 Å². The number of rotatable bonds is 7. The fourth-order valence-corrected chi connectivity index (χ4v) is 2.85. The lowest BCUT2D eigenvalue weighted by atomic mass is 10.2. The van der Waals surface area contributed by atoms with Crippen LogP contribution >= 0.6 is 0 Å². The van der Waals surface area contributed by atoms with Crippen molar-refractivity contribution in [2.75, 3.05) is 25.6 Å². The third kappa shape index (κ3) is 4.22. The number of aromatic amines is 1. The number of ether oxygens (including phenoxy) is 2. The molecule has 3 aromatic rings. The van der Waals surface area contributed by atoms with Gasteiger partial charge in [-0.3, -0.25) is 15.1 Å². The summed E-state index contributed by atoms with van der Waals surface area (Å²) in [5, 5.41) is 3.91. The van der Waals surface area contributed by atoms with Crippen LogP contribution in [0.1, 0.15) is 23.9 Å². The first-order valence-electron chi connectivity index (χ1n) is 8.78.